The van der Waals surface area contributed by atoms with E-state index in [1.807, 2.05) is 28.4 Å². The van der Waals surface area contributed by atoms with Crippen LogP contribution in [0, 0.1) is 0 Å². The number of thioether (sulfide) groups is 1. The van der Waals surface area contributed by atoms with E-state index >= 15 is 0 Å². The average Bonchev–Trinajstić information content (AvgIpc) is 3.23. The summed E-state index contributed by atoms with van der Waals surface area (Å²) in [6.07, 6.45) is 3.76. The molecule has 0 atom stereocenters. The first kappa shape index (κ1) is 17.4. The topological polar surface area (TPSA) is 43.1 Å². The van der Waals surface area contributed by atoms with Crippen molar-refractivity contribution in [3.63, 3.8) is 0 Å². The van der Waals surface area contributed by atoms with Gasteiger partial charge in [-0.25, -0.2) is 0 Å². The highest BCUT2D eigenvalue weighted by atomic mass is 79.9. The summed E-state index contributed by atoms with van der Waals surface area (Å²) < 4.78 is 2.96. The largest absolute Gasteiger partial charge is 0.212 e. The van der Waals surface area contributed by atoms with Crippen LogP contribution in [0.15, 0.2) is 56.5 Å². The van der Waals surface area contributed by atoms with Crippen LogP contribution in [0.1, 0.15) is 29.6 Å². The van der Waals surface area contributed by atoms with Gasteiger partial charge in [0, 0.05) is 21.5 Å². The molecule has 2 aromatic heterocycles. The molecule has 0 unspecified atom stereocenters. The summed E-state index contributed by atoms with van der Waals surface area (Å²) in [6.45, 7) is 2.14. The van der Waals surface area contributed by atoms with Crippen molar-refractivity contribution < 1.29 is 0 Å². The fourth-order valence-electron chi connectivity index (χ4n) is 2.09. The molecule has 3 aromatic rings. The van der Waals surface area contributed by atoms with Gasteiger partial charge < -0.3 is 0 Å². The lowest BCUT2D eigenvalue weighted by Gasteiger charge is -2.04. The van der Waals surface area contributed by atoms with Gasteiger partial charge >= 0.3 is 0 Å². The van der Waals surface area contributed by atoms with Crippen LogP contribution < -0.4 is 0 Å². The number of nitrogens with zero attached hydrogens (tertiary/aromatic N) is 4. The SMILES string of the molecule is CCCc1nnc(SCc2ccc(Br)cc2)n1/N=C\c1cccs1. The first-order valence-electron chi connectivity index (χ1n) is 7.65. The highest BCUT2D eigenvalue weighted by Gasteiger charge is 2.11. The molecule has 0 saturated carbocycles. The number of aromatic nitrogens is 3. The molecule has 0 amide bonds. The Bertz CT molecular complexity index is 795. The van der Waals surface area contributed by atoms with E-state index in [1.165, 1.54) is 5.56 Å². The second kappa shape index (κ2) is 8.60. The minimum Gasteiger partial charge on any atom is -0.191 e. The van der Waals surface area contributed by atoms with Crippen LogP contribution in [0.4, 0.5) is 0 Å². The first-order chi connectivity index (χ1) is 11.8. The van der Waals surface area contributed by atoms with Gasteiger partial charge in [-0.2, -0.15) is 9.78 Å². The minimum atomic E-state index is 0.828. The molecule has 1 aromatic carbocycles. The van der Waals surface area contributed by atoms with Crippen LogP contribution >= 0.6 is 39.0 Å². The Morgan fingerprint density at radius 3 is 2.79 bits per heavy atom. The van der Waals surface area contributed by atoms with Crippen LogP contribution in [0.5, 0.6) is 0 Å². The zero-order chi connectivity index (χ0) is 16.8. The lowest BCUT2D eigenvalue weighted by Crippen LogP contribution is -2.00. The number of halogens is 1. The third-order valence-electron chi connectivity index (χ3n) is 3.28. The Morgan fingerprint density at radius 1 is 1.25 bits per heavy atom. The van der Waals surface area contributed by atoms with Crippen LogP contribution in [0.3, 0.4) is 0 Å². The predicted molar refractivity (Wildman–Crippen MR) is 105 cm³/mol. The second-order valence-electron chi connectivity index (χ2n) is 5.14. The zero-order valence-corrected chi connectivity index (χ0v) is 16.4. The molecule has 0 spiro atoms. The molecule has 7 heteroatoms. The predicted octanol–water partition coefficient (Wildman–Crippen LogP) is 5.23. The maximum atomic E-state index is 4.60. The van der Waals surface area contributed by atoms with E-state index in [4.69, 9.17) is 0 Å². The third-order valence-corrected chi connectivity index (χ3v) is 5.60. The molecule has 0 aliphatic heterocycles. The van der Waals surface area contributed by atoms with E-state index in [1.54, 1.807) is 23.1 Å². The van der Waals surface area contributed by atoms with E-state index in [0.29, 0.717) is 0 Å². The van der Waals surface area contributed by atoms with Crippen molar-refractivity contribution in [3.05, 3.63) is 62.5 Å². The average molecular weight is 421 g/mol. The summed E-state index contributed by atoms with van der Waals surface area (Å²) in [7, 11) is 0. The first-order valence-corrected chi connectivity index (χ1v) is 10.3. The molecular weight excluding hydrogens is 404 g/mol. The van der Waals surface area contributed by atoms with Crippen molar-refractivity contribution in [2.24, 2.45) is 5.10 Å². The summed E-state index contributed by atoms with van der Waals surface area (Å²) in [5.74, 6) is 1.75. The molecule has 0 saturated heterocycles. The number of hydrogen-bond acceptors (Lipinski definition) is 5. The van der Waals surface area contributed by atoms with Gasteiger partial charge in [0.15, 0.2) is 5.82 Å². The van der Waals surface area contributed by atoms with E-state index in [9.17, 15) is 0 Å². The van der Waals surface area contributed by atoms with Crippen LogP contribution in [-0.2, 0) is 12.2 Å². The fourth-order valence-corrected chi connectivity index (χ4v) is 3.79. The maximum absolute atomic E-state index is 4.60. The van der Waals surface area contributed by atoms with Crippen molar-refractivity contribution in [2.45, 2.75) is 30.7 Å². The molecule has 0 fully saturated rings. The quantitative estimate of drug-likeness (QED) is 0.388. The zero-order valence-electron chi connectivity index (χ0n) is 13.2. The highest BCUT2D eigenvalue weighted by molar-refractivity contribution is 9.10. The lowest BCUT2D eigenvalue weighted by molar-refractivity contribution is 0.700. The minimum absolute atomic E-state index is 0.828. The van der Waals surface area contributed by atoms with Gasteiger partial charge in [-0.05, 0) is 35.6 Å². The molecule has 0 N–H and O–H groups in total. The molecule has 0 bridgehead atoms. The Kier molecular flexibility index (Phi) is 6.23. The number of aryl methyl sites for hydroxylation is 1. The monoisotopic (exact) mass is 420 g/mol. The van der Waals surface area contributed by atoms with Gasteiger partial charge in [-0.1, -0.05) is 52.8 Å². The summed E-state index contributed by atoms with van der Waals surface area (Å²) in [5.41, 5.74) is 1.25. The van der Waals surface area contributed by atoms with Crippen molar-refractivity contribution >= 4 is 45.2 Å². The number of rotatable bonds is 7. The molecule has 3 rings (SSSR count). The van der Waals surface area contributed by atoms with Gasteiger partial charge in [0.2, 0.25) is 5.16 Å². The van der Waals surface area contributed by atoms with Gasteiger partial charge in [0.05, 0.1) is 6.21 Å². The Hall–Kier alpha value is -1.44. The summed E-state index contributed by atoms with van der Waals surface area (Å²) in [6, 6.07) is 12.4. The Balaban J connectivity index is 1.77. The second-order valence-corrected chi connectivity index (χ2v) is 7.97. The van der Waals surface area contributed by atoms with Crippen molar-refractivity contribution in [1.29, 1.82) is 0 Å². The van der Waals surface area contributed by atoms with Gasteiger partial charge in [0.25, 0.3) is 0 Å². The Labute approximate surface area is 158 Å². The van der Waals surface area contributed by atoms with E-state index in [0.717, 1.165) is 38.9 Å². The summed E-state index contributed by atoms with van der Waals surface area (Å²) in [5, 5.41) is 16.1. The molecule has 2 heterocycles. The smallest absolute Gasteiger partial charge is 0.191 e. The molecule has 24 heavy (non-hydrogen) atoms. The van der Waals surface area contributed by atoms with Crippen molar-refractivity contribution in [1.82, 2.24) is 14.9 Å². The standard InChI is InChI=1S/C17H17BrN4S2/c1-2-4-16-20-21-17(22(16)19-11-15-5-3-10-23-15)24-12-13-6-8-14(18)9-7-13/h3,5-11H,2,4,12H2,1H3/b19-11-. The highest BCUT2D eigenvalue weighted by Crippen LogP contribution is 2.23. The number of thiophene rings is 1. The molecule has 0 radical (unpaired) electrons. The number of benzene rings is 1. The van der Waals surface area contributed by atoms with Crippen LogP contribution in [-0.4, -0.2) is 21.1 Å². The molecule has 124 valence electrons. The summed E-state index contributed by atoms with van der Waals surface area (Å²) >= 11 is 6.78. The normalized spacial score (nSPS) is 11.4. The van der Waals surface area contributed by atoms with E-state index in [-0.39, 0.29) is 0 Å². The molecule has 4 nitrogen and oxygen atoms in total. The van der Waals surface area contributed by atoms with Gasteiger partial charge in [-0.3, -0.25) is 0 Å². The Morgan fingerprint density at radius 2 is 2.08 bits per heavy atom. The fraction of sp³-hybridized carbons (Fsp3) is 0.235. The van der Waals surface area contributed by atoms with Crippen LogP contribution in [0.25, 0.3) is 0 Å². The van der Waals surface area contributed by atoms with E-state index < -0.39 is 0 Å². The van der Waals surface area contributed by atoms with Crippen LogP contribution in [0.2, 0.25) is 0 Å². The number of hydrogen-bond donors (Lipinski definition) is 0. The third kappa shape index (κ3) is 4.55. The van der Waals surface area contributed by atoms with Crippen molar-refractivity contribution in [2.75, 3.05) is 0 Å². The molecule has 0 aliphatic rings. The maximum Gasteiger partial charge on any atom is 0.212 e. The van der Waals surface area contributed by atoms with E-state index in [2.05, 4.69) is 62.4 Å². The lowest BCUT2D eigenvalue weighted by atomic mass is 10.2. The molecular formula is C17H17BrN4S2. The van der Waals surface area contributed by atoms with Gasteiger partial charge in [-0.15, -0.1) is 21.5 Å². The van der Waals surface area contributed by atoms with Gasteiger partial charge in [0.1, 0.15) is 0 Å². The van der Waals surface area contributed by atoms with Crippen molar-refractivity contribution in [3.8, 4) is 0 Å². The summed E-state index contributed by atoms with van der Waals surface area (Å²) in [4.78, 5) is 1.12. The molecule has 0 aliphatic carbocycles.